The second-order valence-electron chi connectivity index (χ2n) is 4.25. The maximum absolute atomic E-state index is 14.3. The molecule has 2 heterocycles. The van der Waals surface area contributed by atoms with Crippen molar-refractivity contribution < 1.29 is 4.39 Å². The number of hydrogen-bond acceptors (Lipinski definition) is 4. The summed E-state index contributed by atoms with van der Waals surface area (Å²) in [5, 5.41) is 5.00. The summed E-state index contributed by atoms with van der Waals surface area (Å²) in [6.07, 6.45) is 1.64. The van der Waals surface area contributed by atoms with Crippen molar-refractivity contribution in [3.63, 3.8) is 0 Å². The third-order valence-electron chi connectivity index (χ3n) is 2.72. The van der Waals surface area contributed by atoms with E-state index in [1.165, 1.54) is 0 Å². The molecule has 0 aliphatic heterocycles. The molecular formula is C13H15BrFN3S. The Labute approximate surface area is 124 Å². The van der Waals surface area contributed by atoms with Gasteiger partial charge in [-0.05, 0) is 46.1 Å². The summed E-state index contributed by atoms with van der Waals surface area (Å²) in [5.41, 5.74) is 1.77. The highest BCUT2D eigenvalue weighted by molar-refractivity contribution is 9.11. The van der Waals surface area contributed by atoms with Gasteiger partial charge < -0.3 is 10.2 Å². The minimum absolute atomic E-state index is 0.256. The molecular weight excluding hydrogens is 329 g/mol. The second-order valence-corrected chi connectivity index (χ2v) is 6.54. The predicted molar refractivity (Wildman–Crippen MR) is 81.1 cm³/mol. The van der Waals surface area contributed by atoms with Crippen LogP contribution >= 0.6 is 27.3 Å². The molecule has 0 amide bonds. The lowest BCUT2D eigenvalue weighted by molar-refractivity contribution is 0.589. The molecule has 0 aliphatic carbocycles. The van der Waals surface area contributed by atoms with Gasteiger partial charge in [-0.3, -0.25) is 0 Å². The van der Waals surface area contributed by atoms with E-state index in [1.54, 1.807) is 30.6 Å². The van der Waals surface area contributed by atoms with Crippen LogP contribution in [0.2, 0.25) is 0 Å². The van der Waals surface area contributed by atoms with Crippen LogP contribution in [0, 0.1) is 5.82 Å². The third kappa shape index (κ3) is 3.52. The van der Waals surface area contributed by atoms with Gasteiger partial charge in [-0.15, -0.1) is 11.3 Å². The van der Waals surface area contributed by atoms with Gasteiger partial charge in [-0.2, -0.15) is 0 Å². The number of pyridine rings is 1. The quantitative estimate of drug-likeness (QED) is 0.901. The van der Waals surface area contributed by atoms with E-state index >= 15 is 0 Å². The van der Waals surface area contributed by atoms with Crippen LogP contribution in [0.1, 0.15) is 11.1 Å². The zero-order chi connectivity index (χ0) is 13.8. The van der Waals surface area contributed by atoms with Gasteiger partial charge in [-0.1, -0.05) is 0 Å². The first-order valence-corrected chi connectivity index (χ1v) is 7.51. The zero-order valence-electron chi connectivity index (χ0n) is 10.8. The molecule has 0 spiro atoms. The van der Waals surface area contributed by atoms with Gasteiger partial charge in [-0.25, -0.2) is 9.37 Å². The maximum Gasteiger partial charge on any atom is 0.170 e. The summed E-state index contributed by atoms with van der Waals surface area (Å²) in [4.78, 5) is 5.96. The smallest absolute Gasteiger partial charge is 0.170 e. The molecule has 0 unspecified atom stereocenters. The Morgan fingerprint density at radius 2 is 2.32 bits per heavy atom. The molecule has 2 aromatic heterocycles. The summed E-state index contributed by atoms with van der Waals surface area (Å²) in [7, 11) is 3.65. The molecule has 0 aliphatic rings. The van der Waals surface area contributed by atoms with E-state index in [2.05, 4.69) is 31.6 Å². The van der Waals surface area contributed by atoms with Gasteiger partial charge in [0.1, 0.15) is 0 Å². The zero-order valence-corrected chi connectivity index (χ0v) is 13.2. The number of nitrogens with one attached hydrogen (secondary N) is 1. The first-order chi connectivity index (χ1) is 9.11. The lowest BCUT2D eigenvalue weighted by Crippen LogP contribution is -2.20. The Balaban J connectivity index is 2.18. The fourth-order valence-electron chi connectivity index (χ4n) is 1.84. The van der Waals surface area contributed by atoms with E-state index < -0.39 is 0 Å². The van der Waals surface area contributed by atoms with Crippen LogP contribution in [-0.2, 0) is 13.1 Å². The van der Waals surface area contributed by atoms with E-state index in [0.717, 1.165) is 9.35 Å². The van der Waals surface area contributed by atoms with Crippen LogP contribution in [0.15, 0.2) is 27.5 Å². The molecule has 0 fully saturated rings. The molecule has 0 saturated carbocycles. The largest absolute Gasteiger partial charge is 0.353 e. The Bertz CT molecular complexity index is 559. The van der Waals surface area contributed by atoms with Gasteiger partial charge in [0.05, 0.1) is 3.79 Å². The van der Waals surface area contributed by atoms with Crippen molar-refractivity contribution in [2.45, 2.75) is 13.1 Å². The van der Waals surface area contributed by atoms with Gasteiger partial charge >= 0.3 is 0 Å². The fourth-order valence-corrected chi connectivity index (χ4v) is 3.04. The van der Waals surface area contributed by atoms with Crippen molar-refractivity contribution >= 4 is 33.1 Å². The highest BCUT2D eigenvalue weighted by atomic mass is 79.9. The first kappa shape index (κ1) is 14.4. The van der Waals surface area contributed by atoms with Crippen LogP contribution < -0.4 is 10.2 Å². The third-order valence-corrected chi connectivity index (χ3v) is 4.27. The number of hydrogen-bond donors (Lipinski definition) is 1. The molecule has 0 aromatic carbocycles. The SMILES string of the molecule is CNCc1ccnc(N(C)Cc2csc(Br)c2)c1F. The van der Waals surface area contributed by atoms with Crippen molar-refractivity contribution in [2.75, 3.05) is 19.0 Å². The first-order valence-electron chi connectivity index (χ1n) is 5.84. The van der Waals surface area contributed by atoms with Gasteiger partial charge in [0.25, 0.3) is 0 Å². The summed E-state index contributed by atoms with van der Waals surface area (Å²) < 4.78 is 15.3. The molecule has 1 N–H and O–H groups in total. The molecule has 102 valence electrons. The highest BCUT2D eigenvalue weighted by Gasteiger charge is 2.13. The summed E-state index contributed by atoms with van der Waals surface area (Å²) in [6.45, 7) is 1.13. The van der Waals surface area contributed by atoms with Crippen molar-refractivity contribution in [3.8, 4) is 0 Å². The summed E-state index contributed by atoms with van der Waals surface area (Å²) in [6, 6.07) is 3.74. The molecule has 6 heteroatoms. The summed E-state index contributed by atoms with van der Waals surface area (Å²) >= 11 is 5.05. The highest BCUT2D eigenvalue weighted by Crippen LogP contribution is 2.24. The minimum atomic E-state index is -0.256. The van der Waals surface area contributed by atoms with Crippen molar-refractivity contribution in [1.29, 1.82) is 0 Å². The molecule has 2 aromatic rings. The summed E-state index contributed by atoms with van der Waals surface area (Å²) in [5.74, 6) is 0.128. The predicted octanol–water partition coefficient (Wildman–Crippen LogP) is 3.40. The number of nitrogens with zero attached hydrogens (tertiary/aromatic N) is 2. The number of rotatable bonds is 5. The van der Waals surface area contributed by atoms with Crippen molar-refractivity contribution in [3.05, 3.63) is 44.4 Å². The van der Waals surface area contributed by atoms with Crippen LogP contribution in [-0.4, -0.2) is 19.1 Å². The molecule has 3 nitrogen and oxygen atoms in total. The van der Waals surface area contributed by atoms with Crippen LogP contribution in [0.25, 0.3) is 0 Å². The van der Waals surface area contributed by atoms with E-state index in [1.807, 2.05) is 18.0 Å². The average Bonchev–Trinajstić information content (AvgIpc) is 2.77. The van der Waals surface area contributed by atoms with Gasteiger partial charge in [0.15, 0.2) is 11.6 Å². The molecule has 0 bridgehead atoms. The van der Waals surface area contributed by atoms with E-state index in [4.69, 9.17) is 0 Å². The number of anilines is 1. The average molecular weight is 344 g/mol. The number of aromatic nitrogens is 1. The Hall–Kier alpha value is -0.980. The molecule has 0 radical (unpaired) electrons. The second kappa shape index (κ2) is 6.45. The fraction of sp³-hybridized carbons (Fsp3) is 0.308. The maximum atomic E-state index is 14.3. The van der Waals surface area contributed by atoms with E-state index in [-0.39, 0.29) is 5.82 Å². The van der Waals surface area contributed by atoms with Crippen molar-refractivity contribution in [2.24, 2.45) is 0 Å². The van der Waals surface area contributed by atoms with Crippen molar-refractivity contribution in [1.82, 2.24) is 10.3 Å². The monoisotopic (exact) mass is 343 g/mol. The lowest BCUT2D eigenvalue weighted by Gasteiger charge is -2.19. The van der Waals surface area contributed by atoms with E-state index in [0.29, 0.717) is 24.5 Å². The number of halogens is 2. The normalized spacial score (nSPS) is 10.7. The standard InChI is InChI=1S/C13H15BrFN3S/c1-16-6-10-3-4-17-13(12(10)15)18(2)7-9-5-11(14)19-8-9/h3-5,8,16H,6-7H2,1-2H3. The lowest BCUT2D eigenvalue weighted by atomic mass is 10.2. The molecule has 0 atom stereocenters. The van der Waals surface area contributed by atoms with Crippen LogP contribution in [0.3, 0.4) is 0 Å². The van der Waals surface area contributed by atoms with Crippen LogP contribution in [0.4, 0.5) is 10.2 Å². The topological polar surface area (TPSA) is 28.2 Å². The Morgan fingerprint density at radius 3 is 2.95 bits per heavy atom. The Kier molecular flexibility index (Phi) is 4.90. The Morgan fingerprint density at radius 1 is 1.53 bits per heavy atom. The molecule has 2 rings (SSSR count). The number of thiophene rings is 1. The van der Waals surface area contributed by atoms with Crippen LogP contribution in [0.5, 0.6) is 0 Å². The van der Waals surface area contributed by atoms with E-state index in [9.17, 15) is 4.39 Å². The minimum Gasteiger partial charge on any atom is -0.353 e. The molecule has 19 heavy (non-hydrogen) atoms. The van der Waals surface area contributed by atoms with Gasteiger partial charge in [0.2, 0.25) is 0 Å². The molecule has 0 saturated heterocycles. The van der Waals surface area contributed by atoms with Gasteiger partial charge in [0, 0.05) is 31.9 Å².